The molecule has 0 spiro atoms. The number of pyridine rings is 2. The average Bonchev–Trinajstić information content (AvgIpc) is 2.91. The lowest BCUT2D eigenvalue weighted by molar-refractivity contribution is 0.0697. The third-order valence-electron chi connectivity index (χ3n) is 5.47. The maximum absolute atomic E-state index is 12.7. The number of carboxylic acid groups (broad SMARTS) is 1. The zero-order chi connectivity index (χ0) is 24.9. The molecular weight excluding hydrogens is 454 g/mol. The molecule has 2 heterocycles. The fourth-order valence-electron chi connectivity index (χ4n) is 3.67. The van der Waals surface area contributed by atoms with Crippen molar-refractivity contribution in [2.75, 3.05) is 16.0 Å². The first kappa shape index (κ1) is 22.5. The number of fused-ring (bicyclic) bond motifs is 1. The molecule has 0 fully saturated rings. The second-order valence-corrected chi connectivity index (χ2v) is 7.98. The maximum atomic E-state index is 12.7. The molecule has 0 aliphatic heterocycles. The molecule has 36 heavy (non-hydrogen) atoms. The van der Waals surface area contributed by atoms with E-state index in [1.54, 1.807) is 42.7 Å². The summed E-state index contributed by atoms with van der Waals surface area (Å²) >= 11 is 0. The number of rotatable bonds is 7. The number of hydrogen-bond acceptors (Lipinski definition) is 6. The van der Waals surface area contributed by atoms with Crippen molar-refractivity contribution in [2.45, 2.75) is 0 Å². The minimum absolute atomic E-state index is 0.174. The van der Waals surface area contributed by atoms with Crippen LogP contribution in [0.2, 0.25) is 0 Å². The van der Waals surface area contributed by atoms with Gasteiger partial charge in [0.2, 0.25) is 0 Å². The summed E-state index contributed by atoms with van der Waals surface area (Å²) in [4.78, 5) is 32.6. The van der Waals surface area contributed by atoms with E-state index in [0.717, 1.165) is 11.4 Å². The highest BCUT2D eigenvalue weighted by molar-refractivity contribution is 6.03. The molecule has 4 N–H and O–H groups in total. The molecule has 0 aliphatic carbocycles. The average molecular weight is 476 g/mol. The summed E-state index contributed by atoms with van der Waals surface area (Å²) in [6, 6.07) is 27.1. The summed E-state index contributed by atoms with van der Waals surface area (Å²) in [5, 5.41) is 19.3. The van der Waals surface area contributed by atoms with Crippen LogP contribution in [0.15, 0.2) is 103 Å². The predicted molar refractivity (Wildman–Crippen MR) is 140 cm³/mol. The van der Waals surface area contributed by atoms with Crippen LogP contribution in [-0.2, 0) is 0 Å². The highest BCUT2D eigenvalue weighted by Gasteiger charge is 2.10. The standard InChI is InChI=1S/C28H21N5O3/c34-27(33-21-9-7-20(8-10-21)31-19-4-2-1-3-5-19)26-13-11-22(17-30-26)32-25-14-15-29-24-12-6-18(28(35)36)16-23(24)25/h1-17,31H,(H,29,32)(H,33,34)(H,35,36). The Bertz CT molecular complexity index is 1540. The van der Waals surface area contributed by atoms with Crippen LogP contribution in [0.5, 0.6) is 0 Å². The van der Waals surface area contributed by atoms with Gasteiger partial charge in [0.25, 0.3) is 5.91 Å². The Morgan fingerprint density at radius 3 is 2.14 bits per heavy atom. The van der Waals surface area contributed by atoms with Crippen LogP contribution in [0.1, 0.15) is 20.8 Å². The van der Waals surface area contributed by atoms with Crippen LogP contribution < -0.4 is 16.0 Å². The lowest BCUT2D eigenvalue weighted by Gasteiger charge is -2.11. The molecule has 0 saturated heterocycles. The Morgan fingerprint density at radius 1 is 0.694 bits per heavy atom. The topological polar surface area (TPSA) is 116 Å². The van der Waals surface area contributed by atoms with Gasteiger partial charge in [0.05, 0.1) is 23.0 Å². The van der Waals surface area contributed by atoms with Crippen molar-refractivity contribution in [1.82, 2.24) is 9.97 Å². The quantitative estimate of drug-likeness (QED) is 0.226. The summed E-state index contributed by atoms with van der Waals surface area (Å²) in [5.41, 5.74) is 4.98. The number of aromatic nitrogens is 2. The fraction of sp³-hybridized carbons (Fsp3) is 0. The number of anilines is 5. The van der Waals surface area contributed by atoms with Crippen LogP contribution in [0.3, 0.4) is 0 Å². The second kappa shape index (κ2) is 9.94. The van der Waals surface area contributed by atoms with Crippen molar-refractivity contribution in [2.24, 2.45) is 0 Å². The SMILES string of the molecule is O=C(O)c1ccc2nccc(Nc3ccc(C(=O)Nc4ccc(Nc5ccccc5)cc4)nc3)c2c1. The number of nitrogens with zero attached hydrogens (tertiary/aromatic N) is 2. The zero-order valence-electron chi connectivity index (χ0n) is 19.0. The van der Waals surface area contributed by atoms with Crippen molar-refractivity contribution in [3.63, 3.8) is 0 Å². The number of aromatic carboxylic acids is 1. The number of nitrogens with one attached hydrogen (secondary N) is 3. The van der Waals surface area contributed by atoms with Crippen LogP contribution in [0.4, 0.5) is 28.4 Å². The van der Waals surface area contributed by atoms with Gasteiger partial charge in [0.15, 0.2) is 0 Å². The molecule has 8 heteroatoms. The first-order valence-electron chi connectivity index (χ1n) is 11.1. The van der Waals surface area contributed by atoms with Crippen molar-refractivity contribution in [3.8, 4) is 0 Å². The Labute approximate surface area is 206 Å². The first-order valence-corrected chi connectivity index (χ1v) is 11.1. The minimum Gasteiger partial charge on any atom is -0.478 e. The summed E-state index contributed by atoms with van der Waals surface area (Å²) in [6.07, 6.45) is 3.19. The van der Waals surface area contributed by atoms with Gasteiger partial charge >= 0.3 is 5.97 Å². The molecule has 3 aromatic carbocycles. The van der Waals surface area contributed by atoms with Gasteiger partial charge in [-0.25, -0.2) is 9.78 Å². The molecule has 8 nitrogen and oxygen atoms in total. The number of carbonyl (C=O) groups is 2. The number of hydrogen-bond donors (Lipinski definition) is 4. The molecule has 0 atom stereocenters. The zero-order valence-corrected chi connectivity index (χ0v) is 19.0. The number of carboxylic acids is 1. The van der Waals surface area contributed by atoms with E-state index in [0.29, 0.717) is 28.0 Å². The van der Waals surface area contributed by atoms with Crippen LogP contribution in [0, 0.1) is 0 Å². The monoisotopic (exact) mass is 475 g/mol. The molecular formula is C28H21N5O3. The molecule has 5 rings (SSSR count). The number of para-hydroxylation sites is 1. The number of amides is 1. The van der Waals surface area contributed by atoms with Gasteiger partial charge in [-0.3, -0.25) is 9.78 Å². The third kappa shape index (κ3) is 5.13. The van der Waals surface area contributed by atoms with Crippen LogP contribution >= 0.6 is 0 Å². The third-order valence-corrected chi connectivity index (χ3v) is 5.47. The summed E-state index contributed by atoms with van der Waals surface area (Å²) in [5.74, 6) is -1.34. The smallest absolute Gasteiger partial charge is 0.335 e. The van der Waals surface area contributed by atoms with E-state index in [2.05, 4.69) is 25.9 Å². The summed E-state index contributed by atoms with van der Waals surface area (Å²) in [7, 11) is 0. The van der Waals surface area contributed by atoms with E-state index < -0.39 is 5.97 Å². The molecule has 0 aliphatic rings. The van der Waals surface area contributed by atoms with Crippen molar-refractivity contribution in [3.05, 3.63) is 115 Å². The minimum atomic E-state index is -1.01. The molecule has 1 amide bonds. The molecule has 5 aromatic rings. The summed E-state index contributed by atoms with van der Waals surface area (Å²) < 4.78 is 0. The van der Waals surface area contributed by atoms with Gasteiger partial charge in [0.1, 0.15) is 5.69 Å². The Hall–Kier alpha value is -5.24. The van der Waals surface area contributed by atoms with Gasteiger partial charge in [-0.1, -0.05) is 18.2 Å². The van der Waals surface area contributed by atoms with E-state index in [4.69, 9.17) is 0 Å². The first-order chi connectivity index (χ1) is 17.5. The Morgan fingerprint density at radius 2 is 1.42 bits per heavy atom. The van der Waals surface area contributed by atoms with E-state index >= 15 is 0 Å². The van der Waals surface area contributed by atoms with E-state index in [1.807, 2.05) is 54.6 Å². The van der Waals surface area contributed by atoms with Gasteiger partial charge in [-0.2, -0.15) is 0 Å². The van der Waals surface area contributed by atoms with E-state index in [1.165, 1.54) is 6.07 Å². The van der Waals surface area contributed by atoms with E-state index in [9.17, 15) is 14.7 Å². The maximum Gasteiger partial charge on any atom is 0.335 e. The van der Waals surface area contributed by atoms with Crippen LogP contribution in [0.25, 0.3) is 10.9 Å². The Kier molecular flexibility index (Phi) is 6.23. The van der Waals surface area contributed by atoms with Crippen molar-refractivity contribution < 1.29 is 14.7 Å². The number of benzene rings is 3. The lowest BCUT2D eigenvalue weighted by atomic mass is 10.1. The number of carbonyl (C=O) groups excluding carboxylic acids is 1. The molecule has 0 saturated carbocycles. The van der Waals surface area contributed by atoms with Crippen molar-refractivity contribution >= 4 is 51.2 Å². The highest BCUT2D eigenvalue weighted by Crippen LogP contribution is 2.26. The molecule has 0 unspecified atom stereocenters. The van der Waals surface area contributed by atoms with Gasteiger partial charge in [0, 0.05) is 34.3 Å². The fourth-order valence-corrected chi connectivity index (χ4v) is 3.67. The van der Waals surface area contributed by atoms with Gasteiger partial charge in [-0.05, 0) is 72.8 Å². The van der Waals surface area contributed by atoms with E-state index in [-0.39, 0.29) is 17.2 Å². The Balaban J connectivity index is 1.25. The predicted octanol–water partition coefficient (Wildman–Crippen LogP) is 6.07. The second-order valence-electron chi connectivity index (χ2n) is 7.98. The molecule has 0 radical (unpaired) electrons. The van der Waals surface area contributed by atoms with Gasteiger partial charge in [-0.15, -0.1) is 0 Å². The normalized spacial score (nSPS) is 10.6. The van der Waals surface area contributed by atoms with Crippen molar-refractivity contribution in [1.29, 1.82) is 0 Å². The lowest BCUT2D eigenvalue weighted by Crippen LogP contribution is -2.13. The van der Waals surface area contributed by atoms with Crippen LogP contribution in [-0.4, -0.2) is 27.0 Å². The van der Waals surface area contributed by atoms with Gasteiger partial charge < -0.3 is 21.1 Å². The largest absolute Gasteiger partial charge is 0.478 e. The highest BCUT2D eigenvalue weighted by atomic mass is 16.4. The summed E-state index contributed by atoms with van der Waals surface area (Å²) in [6.45, 7) is 0. The molecule has 2 aromatic heterocycles. The molecule has 0 bridgehead atoms. The molecule has 176 valence electrons.